The number of hydrogen-bond acceptors (Lipinski definition) is 10. The van der Waals surface area contributed by atoms with Crippen LogP contribution in [0.25, 0.3) is 0 Å². The van der Waals surface area contributed by atoms with Crippen LogP contribution in [0.1, 0.15) is 56.9 Å². The van der Waals surface area contributed by atoms with Gasteiger partial charge in [-0.15, -0.1) is 0 Å². The normalized spacial score (nSPS) is 16.7. The molecule has 0 spiro atoms. The highest BCUT2D eigenvalue weighted by molar-refractivity contribution is 6.33. The third-order valence-electron chi connectivity index (χ3n) is 7.37. The zero-order chi connectivity index (χ0) is 35.9. The Morgan fingerprint density at radius 2 is 1.65 bits per heavy atom. The zero-order valence-corrected chi connectivity index (χ0v) is 30.2. The Kier molecular flexibility index (Phi) is 12.5. The number of hydrazone groups is 1. The molecule has 49 heavy (non-hydrogen) atoms. The van der Waals surface area contributed by atoms with E-state index in [1.54, 1.807) is 84.4 Å². The molecular weight excluding hydrogens is 677 g/mol. The van der Waals surface area contributed by atoms with Gasteiger partial charge in [0.1, 0.15) is 29.3 Å². The van der Waals surface area contributed by atoms with Crippen LogP contribution in [0, 0.1) is 0 Å². The van der Waals surface area contributed by atoms with Crippen molar-refractivity contribution in [2.45, 2.75) is 58.5 Å². The Balaban J connectivity index is 2.01. The molecule has 0 aromatic heterocycles. The fourth-order valence-electron chi connectivity index (χ4n) is 5.29. The number of nitrogens with zero attached hydrogens (tertiary/aromatic N) is 2. The van der Waals surface area contributed by atoms with Gasteiger partial charge in [0.2, 0.25) is 0 Å². The van der Waals surface area contributed by atoms with Crippen LogP contribution < -0.4 is 29.3 Å². The maximum atomic E-state index is 13.1. The van der Waals surface area contributed by atoms with Crippen LogP contribution in [0.15, 0.2) is 53.6 Å². The highest BCUT2D eigenvalue weighted by atomic mass is 35.5. The lowest BCUT2D eigenvalue weighted by molar-refractivity contribution is -0.145. The number of carbonyl (C=O) groups is 2. The smallest absolute Gasteiger partial charge is 0.428 e. The second-order valence-electron chi connectivity index (χ2n) is 11.8. The number of rotatable bonds is 11. The number of hydrogen-bond donors (Lipinski definition) is 1. The molecule has 3 aromatic rings. The first-order valence-electron chi connectivity index (χ1n) is 15.4. The summed E-state index contributed by atoms with van der Waals surface area (Å²) in [7, 11) is 6.10. The minimum atomic E-state index is -1.10. The molecule has 1 aliphatic heterocycles. The lowest BCUT2D eigenvalue weighted by atomic mass is 9.98. The molecule has 0 bridgehead atoms. The molecule has 1 amide bonds. The maximum absolute atomic E-state index is 13.1. The van der Waals surface area contributed by atoms with Crippen molar-refractivity contribution in [1.29, 1.82) is 0 Å². The van der Waals surface area contributed by atoms with Crippen LogP contribution in [0.5, 0.6) is 23.0 Å². The lowest BCUT2D eigenvalue weighted by Gasteiger charge is -2.29. The van der Waals surface area contributed by atoms with Crippen LogP contribution in [0.3, 0.4) is 0 Å². The molecule has 0 radical (unpaired) electrons. The molecule has 12 nitrogen and oxygen atoms in total. The van der Waals surface area contributed by atoms with Crippen LogP contribution in [-0.2, 0) is 25.5 Å². The topological polar surface area (TPSA) is 126 Å². The number of amidine groups is 1. The van der Waals surface area contributed by atoms with Gasteiger partial charge in [0.05, 0.1) is 53.0 Å². The number of carbonyl (C=O) groups excluding carboxylic acids is 2. The summed E-state index contributed by atoms with van der Waals surface area (Å²) in [4.78, 5) is 27.9. The zero-order valence-electron chi connectivity index (χ0n) is 28.7. The highest BCUT2D eigenvalue weighted by Crippen LogP contribution is 2.47. The van der Waals surface area contributed by atoms with Crippen molar-refractivity contribution in [3.05, 3.63) is 75.3 Å². The molecular formula is C35H41Cl2N3O9. The Labute approximate surface area is 296 Å². The van der Waals surface area contributed by atoms with Crippen LogP contribution in [0.4, 0.5) is 10.5 Å². The number of fused-ring (bicyclic) bond motifs is 1. The number of halogens is 2. The minimum absolute atomic E-state index is 0.141. The minimum Gasteiger partial charge on any atom is -0.497 e. The fraction of sp³-hybridized carbons (Fsp3) is 0.400. The van der Waals surface area contributed by atoms with Crippen molar-refractivity contribution in [3.8, 4) is 23.0 Å². The molecule has 0 saturated heterocycles. The summed E-state index contributed by atoms with van der Waals surface area (Å²) in [6, 6.07) is 14.1. The quantitative estimate of drug-likeness (QED) is 0.159. The summed E-state index contributed by atoms with van der Waals surface area (Å²) in [5.74, 6) is 1.44. The van der Waals surface area contributed by atoms with Crippen molar-refractivity contribution < 1.29 is 42.7 Å². The third kappa shape index (κ3) is 9.00. The summed E-state index contributed by atoms with van der Waals surface area (Å²) >= 11 is 13.6. The Morgan fingerprint density at radius 1 is 0.918 bits per heavy atom. The van der Waals surface area contributed by atoms with Gasteiger partial charge in [-0.2, -0.15) is 5.10 Å². The highest BCUT2D eigenvalue weighted by Gasteiger charge is 2.39. The number of ether oxygens (including phenoxy) is 7. The molecule has 264 valence electrons. The standard InChI is InChI=1S/C35H41Cl2N3O9/c1-9-47-29(41)18-28-33(38-39-34(42)49-35(2,3)4)40(19-20-10-12-22(43-5)17-27(20)45-7)25-14-11-21(36)16-24(25)31(48-28)23-13-15-26(44-6)32(46-8)30(23)37/h10-17,28,31H,9,18-19H2,1-8H3,(H,39,42)/t28-,31-/m1/s1. The molecule has 0 fully saturated rings. The first kappa shape index (κ1) is 37.4. The van der Waals surface area contributed by atoms with Crippen LogP contribution >= 0.6 is 23.2 Å². The first-order chi connectivity index (χ1) is 23.3. The maximum Gasteiger partial charge on any atom is 0.428 e. The first-order valence-corrected chi connectivity index (χ1v) is 16.1. The molecule has 1 aliphatic rings. The number of nitrogens with one attached hydrogen (secondary N) is 1. The number of methoxy groups -OCH3 is 4. The Hall–Kier alpha value is -4.39. The predicted molar refractivity (Wildman–Crippen MR) is 187 cm³/mol. The summed E-state index contributed by atoms with van der Waals surface area (Å²) in [6.45, 7) is 7.19. The van der Waals surface area contributed by atoms with Crippen LogP contribution in [0.2, 0.25) is 10.0 Å². The van der Waals surface area contributed by atoms with Gasteiger partial charge < -0.3 is 38.1 Å². The molecule has 0 saturated carbocycles. The predicted octanol–water partition coefficient (Wildman–Crippen LogP) is 7.31. The van der Waals surface area contributed by atoms with E-state index in [4.69, 9.17) is 56.4 Å². The average molecular weight is 719 g/mol. The monoisotopic (exact) mass is 717 g/mol. The van der Waals surface area contributed by atoms with Gasteiger partial charge >= 0.3 is 12.1 Å². The van der Waals surface area contributed by atoms with E-state index in [9.17, 15) is 9.59 Å². The summed E-state index contributed by atoms with van der Waals surface area (Å²) in [5, 5.41) is 5.17. The molecule has 0 unspecified atom stereocenters. The van der Waals surface area contributed by atoms with E-state index in [0.717, 1.165) is 5.56 Å². The molecule has 4 rings (SSSR count). The molecule has 1 N–H and O–H groups in total. The van der Waals surface area contributed by atoms with Gasteiger partial charge in [-0.05, 0) is 64.1 Å². The fourth-order valence-corrected chi connectivity index (χ4v) is 5.80. The lowest BCUT2D eigenvalue weighted by Crippen LogP contribution is -2.43. The molecule has 14 heteroatoms. The largest absolute Gasteiger partial charge is 0.497 e. The van der Waals surface area contributed by atoms with E-state index in [-0.39, 0.29) is 30.4 Å². The van der Waals surface area contributed by atoms with E-state index in [0.29, 0.717) is 44.8 Å². The molecule has 3 aromatic carbocycles. The Morgan fingerprint density at radius 3 is 2.29 bits per heavy atom. The van der Waals surface area contributed by atoms with Gasteiger partial charge in [0.25, 0.3) is 0 Å². The van der Waals surface area contributed by atoms with E-state index in [1.165, 1.54) is 14.2 Å². The van der Waals surface area contributed by atoms with Gasteiger partial charge in [-0.1, -0.05) is 29.3 Å². The van der Waals surface area contributed by atoms with E-state index >= 15 is 0 Å². The second-order valence-corrected chi connectivity index (χ2v) is 12.6. The summed E-state index contributed by atoms with van der Waals surface area (Å²) < 4.78 is 39.8. The van der Waals surface area contributed by atoms with E-state index in [2.05, 4.69) is 10.5 Å². The summed E-state index contributed by atoms with van der Waals surface area (Å²) in [6.07, 6.45) is -3.10. The number of anilines is 1. The van der Waals surface area contributed by atoms with Crippen LogP contribution in [-0.4, -0.2) is 64.6 Å². The van der Waals surface area contributed by atoms with Crippen molar-refractivity contribution in [2.75, 3.05) is 39.9 Å². The number of benzene rings is 3. The van der Waals surface area contributed by atoms with Crippen molar-refractivity contribution in [2.24, 2.45) is 5.10 Å². The second kappa shape index (κ2) is 16.3. The van der Waals surface area contributed by atoms with Crippen molar-refractivity contribution in [1.82, 2.24) is 5.43 Å². The third-order valence-corrected chi connectivity index (χ3v) is 7.99. The van der Waals surface area contributed by atoms with Gasteiger partial charge in [0, 0.05) is 33.5 Å². The van der Waals surface area contributed by atoms with E-state index in [1.807, 2.05) is 11.0 Å². The van der Waals surface area contributed by atoms with Gasteiger partial charge in [0.15, 0.2) is 17.3 Å². The Bertz CT molecular complexity index is 1690. The SMILES string of the molecule is CCOC(=O)C[C@H]1O[C@H](c2ccc(OC)c(OC)c2Cl)c2cc(Cl)ccc2N(Cc2ccc(OC)cc2OC)C1=NNC(=O)OC(C)(C)C. The molecule has 2 atom stereocenters. The molecule has 0 aliphatic carbocycles. The number of esters is 1. The number of amides is 1. The average Bonchev–Trinajstić information content (AvgIpc) is 3.16. The molecule has 1 heterocycles. The van der Waals surface area contributed by atoms with Crippen molar-refractivity contribution in [3.63, 3.8) is 0 Å². The van der Waals surface area contributed by atoms with Gasteiger partial charge in [-0.25, -0.2) is 10.2 Å². The summed E-state index contributed by atoms with van der Waals surface area (Å²) in [5.41, 5.74) is 4.10. The van der Waals surface area contributed by atoms with Gasteiger partial charge in [-0.3, -0.25) is 4.79 Å². The van der Waals surface area contributed by atoms with Crippen molar-refractivity contribution >= 4 is 46.8 Å². The van der Waals surface area contributed by atoms with E-state index < -0.39 is 29.9 Å².